The summed E-state index contributed by atoms with van der Waals surface area (Å²) in [5.74, 6) is -3.20. The minimum Gasteiger partial charge on any atom is -0.506 e. The Hall–Kier alpha value is -3.41. The molecule has 4 rings (SSSR count). The number of rotatable bonds is 7. The van der Waals surface area contributed by atoms with E-state index in [0.717, 1.165) is 42.0 Å². The van der Waals surface area contributed by atoms with Crippen molar-refractivity contribution in [3.05, 3.63) is 63.8 Å². The molecule has 2 fully saturated rings. The molecule has 3 atom stereocenters. The van der Waals surface area contributed by atoms with Gasteiger partial charge in [0, 0.05) is 5.56 Å². The highest BCUT2D eigenvalue weighted by Gasteiger charge is 2.74. The Morgan fingerprint density at radius 1 is 0.932 bits per heavy atom. The number of allylic oxidation sites excluding steroid dienone is 7. The Morgan fingerprint density at radius 3 is 2.14 bits per heavy atom. The van der Waals surface area contributed by atoms with Crippen molar-refractivity contribution in [1.29, 1.82) is 0 Å². The molecule has 0 aliphatic heterocycles. The van der Waals surface area contributed by atoms with Gasteiger partial charge in [-0.15, -0.1) is 0 Å². The summed E-state index contributed by atoms with van der Waals surface area (Å²) in [6.45, 7) is 18.4. The number of hydrogen-bond donors (Lipinski definition) is 3. The highest BCUT2D eigenvalue weighted by atomic mass is 16.3. The summed E-state index contributed by atoms with van der Waals surface area (Å²) >= 11 is 0. The molecule has 6 heteroatoms. The van der Waals surface area contributed by atoms with Crippen LogP contribution in [0.4, 0.5) is 0 Å². The third-order valence-corrected chi connectivity index (χ3v) is 10.9. The van der Waals surface area contributed by atoms with Crippen molar-refractivity contribution in [2.24, 2.45) is 27.6 Å². The average molecular weight is 603 g/mol. The monoisotopic (exact) mass is 602 g/mol. The SMILES string of the molecule is CC(C)=CC[C@H]1C[C@@]2(CC=C(C)C)C(=O)C(=C(O)c3ccc(O)c(O)c3)C(=O)[C@](CC3=C(C)CC(C)(C)CC3)(C2=O)C1(C)C. The Labute approximate surface area is 262 Å². The van der Waals surface area contributed by atoms with Gasteiger partial charge >= 0.3 is 0 Å². The number of aliphatic hydroxyl groups is 1. The fourth-order valence-electron chi connectivity index (χ4n) is 7.98. The summed E-state index contributed by atoms with van der Waals surface area (Å²) in [6, 6.07) is 3.70. The zero-order valence-electron chi connectivity index (χ0n) is 28.0. The standard InChI is InChI=1S/C38H50O6/c1-22(2)10-12-27-21-37(17-14-23(3)4)32(42)30(31(41)25-11-13-28(39)29(40)18-25)33(43)38(34(37)44,36(27,8)9)20-26-15-16-35(6,7)19-24(26)5/h10-11,13-14,18,27,39-41H,12,15-17,19-21H2,1-9H3/t27-,37-,38+/m0/s1. The molecule has 0 radical (unpaired) electrons. The third-order valence-electron chi connectivity index (χ3n) is 10.9. The predicted molar refractivity (Wildman–Crippen MR) is 174 cm³/mol. The van der Waals surface area contributed by atoms with Gasteiger partial charge in [-0.25, -0.2) is 0 Å². The van der Waals surface area contributed by atoms with E-state index in [-0.39, 0.29) is 53.3 Å². The lowest BCUT2D eigenvalue weighted by molar-refractivity contribution is -0.176. The van der Waals surface area contributed by atoms with Crippen molar-refractivity contribution in [2.75, 3.05) is 0 Å². The summed E-state index contributed by atoms with van der Waals surface area (Å²) < 4.78 is 0. The Morgan fingerprint density at radius 2 is 1.57 bits per heavy atom. The number of phenols is 2. The number of hydrogen-bond acceptors (Lipinski definition) is 6. The van der Waals surface area contributed by atoms with Crippen LogP contribution in [-0.4, -0.2) is 32.7 Å². The van der Waals surface area contributed by atoms with Crippen LogP contribution < -0.4 is 0 Å². The number of aromatic hydroxyl groups is 2. The summed E-state index contributed by atoms with van der Waals surface area (Å²) in [7, 11) is 0. The smallest absolute Gasteiger partial charge is 0.184 e. The Kier molecular flexibility index (Phi) is 8.75. The zero-order chi connectivity index (χ0) is 33.0. The number of aliphatic hydroxyl groups excluding tert-OH is 1. The molecule has 1 aromatic carbocycles. The quantitative estimate of drug-likeness (QED) is 0.0718. The first-order valence-electron chi connectivity index (χ1n) is 15.8. The van der Waals surface area contributed by atoms with E-state index in [0.29, 0.717) is 6.42 Å². The summed E-state index contributed by atoms with van der Waals surface area (Å²) in [6.07, 6.45) is 7.86. The molecule has 3 aliphatic rings. The molecule has 2 saturated carbocycles. The van der Waals surface area contributed by atoms with Crippen LogP contribution in [0.1, 0.15) is 113 Å². The molecule has 3 N–H and O–H groups in total. The van der Waals surface area contributed by atoms with Crippen LogP contribution in [-0.2, 0) is 14.4 Å². The van der Waals surface area contributed by atoms with Crippen molar-refractivity contribution >= 4 is 23.1 Å². The summed E-state index contributed by atoms with van der Waals surface area (Å²) in [5, 5.41) is 31.8. The van der Waals surface area contributed by atoms with E-state index in [1.54, 1.807) is 0 Å². The van der Waals surface area contributed by atoms with Crippen molar-refractivity contribution in [3.8, 4) is 11.5 Å². The van der Waals surface area contributed by atoms with Crippen LogP contribution in [0.5, 0.6) is 11.5 Å². The molecule has 238 valence electrons. The maximum absolute atomic E-state index is 15.2. The first-order chi connectivity index (χ1) is 20.3. The molecule has 1 aromatic rings. The maximum atomic E-state index is 15.2. The molecular weight excluding hydrogens is 552 g/mol. The molecule has 2 bridgehead atoms. The number of carbonyl (C=O) groups excluding carboxylic acids is 3. The second-order valence-corrected chi connectivity index (χ2v) is 15.4. The van der Waals surface area contributed by atoms with Crippen molar-refractivity contribution < 1.29 is 29.7 Å². The van der Waals surface area contributed by atoms with E-state index in [1.165, 1.54) is 17.7 Å². The lowest BCUT2D eigenvalue weighted by Crippen LogP contribution is -2.69. The van der Waals surface area contributed by atoms with Gasteiger partial charge in [0.05, 0.1) is 5.41 Å². The first-order valence-corrected chi connectivity index (χ1v) is 15.8. The molecule has 6 nitrogen and oxygen atoms in total. The van der Waals surface area contributed by atoms with E-state index >= 15 is 9.59 Å². The largest absolute Gasteiger partial charge is 0.506 e. The van der Waals surface area contributed by atoms with Gasteiger partial charge in [-0.1, -0.05) is 62.1 Å². The molecule has 0 amide bonds. The van der Waals surface area contributed by atoms with Gasteiger partial charge < -0.3 is 15.3 Å². The van der Waals surface area contributed by atoms with Crippen LogP contribution in [0.25, 0.3) is 5.76 Å². The van der Waals surface area contributed by atoms with E-state index in [9.17, 15) is 20.1 Å². The van der Waals surface area contributed by atoms with E-state index in [4.69, 9.17) is 0 Å². The topological polar surface area (TPSA) is 112 Å². The maximum Gasteiger partial charge on any atom is 0.184 e. The number of ketones is 3. The van der Waals surface area contributed by atoms with Gasteiger partial charge in [-0.2, -0.15) is 0 Å². The second kappa shape index (κ2) is 11.5. The van der Waals surface area contributed by atoms with Crippen LogP contribution >= 0.6 is 0 Å². The highest BCUT2D eigenvalue weighted by Crippen LogP contribution is 2.66. The lowest BCUT2D eigenvalue weighted by Gasteiger charge is -2.61. The molecule has 0 saturated heterocycles. The second-order valence-electron chi connectivity index (χ2n) is 15.4. The number of fused-ring (bicyclic) bond motifs is 2. The van der Waals surface area contributed by atoms with Gasteiger partial charge in [-0.3, -0.25) is 14.4 Å². The molecular formula is C38H50O6. The molecule has 0 spiro atoms. The third kappa shape index (κ3) is 5.39. The van der Waals surface area contributed by atoms with Gasteiger partial charge in [0.2, 0.25) is 0 Å². The Balaban J connectivity index is 2.08. The van der Waals surface area contributed by atoms with Gasteiger partial charge in [0.1, 0.15) is 16.7 Å². The zero-order valence-corrected chi connectivity index (χ0v) is 28.0. The van der Waals surface area contributed by atoms with Crippen molar-refractivity contribution in [2.45, 2.75) is 107 Å². The van der Waals surface area contributed by atoms with E-state index in [1.807, 2.05) is 47.6 Å². The fraction of sp³-hybridized carbons (Fsp3) is 0.553. The molecule has 44 heavy (non-hydrogen) atoms. The molecule has 3 aliphatic carbocycles. The molecule has 0 heterocycles. The number of Topliss-reactive ketones (excluding diaryl/α,β-unsaturated/α-hetero) is 3. The predicted octanol–water partition coefficient (Wildman–Crippen LogP) is 8.74. The molecule has 0 aromatic heterocycles. The average Bonchev–Trinajstić information content (AvgIpc) is 2.91. The first kappa shape index (κ1) is 33.5. The lowest BCUT2D eigenvalue weighted by atomic mass is 9.38. The summed E-state index contributed by atoms with van der Waals surface area (Å²) in [5.41, 5.74) is 0.201. The minimum atomic E-state index is -1.57. The summed E-state index contributed by atoms with van der Waals surface area (Å²) in [4.78, 5) is 45.0. The van der Waals surface area contributed by atoms with Crippen molar-refractivity contribution in [1.82, 2.24) is 0 Å². The van der Waals surface area contributed by atoms with Gasteiger partial charge in [0.25, 0.3) is 0 Å². The van der Waals surface area contributed by atoms with Gasteiger partial charge in [-0.05, 0) is 115 Å². The van der Waals surface area contributed by atoms with Crippen LogP contribution in [0.3, 0.4) is 0 Å². The van der Waals surface area contributed by atoms with Crippen LogP contribution in [0.2, 0.25) is 0 Å². The minimum absolute atomic E-state index is 0.0330. The van der Waals surface area contributed by atoms with Crippen molar-refractivity contribution in [3.63, 3.8) is 0 Å². The Bertz CT molecular complexity index is 1520. The normalized spacial score (nSPS) is 28.9. The molecule has 0 unspecified atom stereocenters. The van der Waals surface area contributed by atoms with E-state index in [2.05, 4.69) is 26.8 Å². The number of phenolic OH excluding ortho intramolecular Hbond substituents is 2. The number of benzene rings is 1. The van der Waals surface area contributed by atoms with Gasteiger partial charge in [0.15, 0.2) is 28.8 Å². The van der Waals surface area contributed by atoms with E-state index < -0.39 is 39.3 Å². The highest BCUT2D eigenvalue weighted by molar-refractivity contribution is 6.41. The van der Waals surface area contributed by atoms with Crippen LogP contribution in [0, 0.1) is 27.6 Å². The van der Waals surface area contributed by atoms with Crippen LogP contribution in [0.15, 0.2) is 58.2 Å². The fourth-order valence-corrected chi connectivity index (χ4v) is 7.98. The number of carbonyl (C=O) groups is 3.